The molecule has 0 bridgehead atoms. The summed E-state index contributed by atoms with van der Waals surface area (Å²) in [5.74, 6) is 1.30. The van der Waals surface area contributed by atoms with Gasteiger partial charge in [-0.2, -0.15) is 0 Å². The summed E-state index contributed by atoms with van der Waals surface area (Å²) in [7, 11) is 0. The number of aryl methyl sites for hydroxylation is 3. The number of hydrogen-bond donors (Lipinski definition) is 1. The van der Waals surface area contributed by atoms with E-state index >= 15 is 0 Å². The second kappa shape index (κ2) is 8.07. The molecule has 4 aromatic rings. The van der Waals surface area contributed by atoms with Crippen molar-refractivity contribution in [2.45, 2.75) is 45.6 Å². The van der Waals surface area contributed by atoms with Crippen LogP contribution in [0.5, 0.6) is 0 Å². The number of amides is 1. The number of benzene rings is 2. The van der Waals surface area contributed by atoms with E-state index in [4.69, 9.17) is 4.98 Å². The average Bonchev–Trinajstić information content (AvgIpc) is 3.15. The van der Waals surface area contributed by atoms with Crippen LogP contribution in [0, 0.1) is 20.8 Å². The van der Waals surface area contributed by atoms with Crippen LogP contribution in [0.25, 0.3) is 16.7 Å². The summed E-state index contributed by atoms with van der Waals surface area (Å²) in [4.78, 5) is 17.4. The fourth-order valence-electron chi connectivity index (χ4n) is 3.74. The number of aromatic nitrogens is 4. The van der Waals surface area contributed by atoms with E-state index in [0.717, 1.165) is 33.7 Å². The first-order chi connectivity index (χ1) is 14.3. The molecular weight excluding hydrogens is 394 g/mol. The van der Waals surface area contributed by atoms with Crippen LogP contribution < -0.4 is 5.32 Å². The number of hydrogen-bond acceptors (Lipinski definition) is 5. The smallest absolute Gasteiger partial charge is 0.234 e. The van der Waals surface area contributed by atoms with Gasteiger partial charge >= 0.3 is 0 Å². The minimum atomic E-state index is -0.0632. The van der Waals surface area contributed by atoms with Crippen molar-refractivity contribution in [3.63, 3.8) is 0 Å². The number of carbonyl (C=O) groups is 1. The number of anilines is 1. The van der Waals surface area contributed by atoms with Crippen molar-refractivity contribution in [3.05, 3.63) is 58.9 Å². The van der Waals surface area contributed by atoms with Crippen molar-refractivity contribution in [1.82, 2.24) is 19.6 Å². The van der Waals surface area contributed by atoms with Gasteiger partial charge in [0.05, 0.1) is 16.8 Å². The van der Waals surface area contributed by atoms with Crippen LogP contribution in [0.2, 0.25) is 0 Å². The van der Waals surface area contributed by atoms with Crippen LogP contribution in [0.15, 0.2) is 41.4 Å². The minimum absolute atomic E-state index is 0.0632. The molecule has 0 aliphatic rings. The fourth-order valence-corrected chi connectivity index (χ4v) is 4.50. The molecule has 2 aromatic heterocycles. The lowest BCUT2D eigenvalue weighted by atomic mass is 10.1. The first-order valence-corrected chi connectivity index (χ1v) is 11.0. The largest absolute Gasteiger partial charge is 0.325 e. The zero-order chi connectivity index (χ0) is 21.4. The van der Waals surface area contributed by atoms with Crippen LogP contribution in [0.1, 0.15) is 42.3 Å². The molecule has 0 fully saturated rings. The molecule has 6 nitrogen and oxygen atoms in total. The summed E-state index contributed by atoms with van der Waals surface area (Å²) in [6.07, 6.45) is 0. The van der Waals surface area contributed by atoms with Crippen molar-refractivity contribution in [3.8, 4) is 0 Å². The van der Waals surface area contributed by atoms with Gasteiger partial charge in [0.25, 0.3) is 0 Å². The number of para-hydroxylation sites is 2. The predicted molar refractivity (Wildman–Crippen MR) is 122 cm³/mol. The van der Waals surface area contributed by atoms with Crippen LogP contribution in [0.3, 0.4) is 0 Å². The maximum absolute atomic E-state index is 12.7. The maximum atomic E-state index is 12.7. The van der Waals surface area contributed by atoms with Gasteiger partial charge < -0.3 is 5.32 Å². The topological polar surface area (TPSA) is 72.2 Å². The van der Waals surface area contributed by atoms with Crippen molar-refractivity contribution in [1.29, 1.82) is 0 Å². The molecular formula is C23H25N5OS. The highest BCUT2D eigenvalue weighted by molar-refractivity contribution is 8.00. The third-order valence-electron chi connectivity index (χ3n) is 5.02. The van der Waals surface area contributed by atoms with Crippen LogP contribution in [-0.2, 0) is 4.79 Å². The number of nitrogens with one attached hydrogen (secondary N) is 1. The van der Waals surface area contributed by atoms with Gasteiger partial charge in [-0.25, -0.2) is 4.98 Å². The van der Waals surface area contributed by atoms with E-state index in [1.165, 1.54) is 17.3 Å². The van der Waals surface area contributed by atoms with E-state index in [1.807, 2.05) is 38.1 Å². The van der Waals surface area contributed by atoms with Crippen LogP contribution in [0.4, 0.5) is 5.69 Å². The monoisotopic (exact) mass is 419 g/mol. The lowest BCUT2D eigenvalue weighted by Gasteiger charge is -2.13. The Morgan fingerprint density at radius 1 is 1.10 bits per heavy atom. The second-order valence-corrected chi connectivity index (χ2v) is 8.85. The van der Waals surface area contributed by atoms with Gasteiger partial charge in [-0.05, 0) is 44.0 Å². The summed E-state index contributed by atoms with van der Waals surface area (Å²) < 4.78 is 2.06. The van der Waals surface area contributed by atoms with Gasteiger partial charge in [0.2, 0.25) is 5.91 Å². The number of carbonyl (C=O) groups excluding carboxylic acids is 1. The van der Waals surface area contributed by atoms with E-state index in [-0.39, 0.29) is 17.6 Å². The van der Waals surface area contributed by atoms with E-state index in [9.17, 15) is 4.79 Å². The fraction of sp³-hybridized carbons (Fsp3) is 0.304. The number of thioether (sulfide) groups is 1. The molecule has 2 heterocycles. The van der Waals surface area contributed by atoms with Gasteiger partial charge in [-0.15, -0.1) is 10.2 Å². The lowest BCUT2D eigenvalue weighted by molar-refractivity contribution is -0.113. The normalized spacial score (nSPS) is 11.5. The quantitative estimate of drug-likeness (QED) is 0.458. The number of fused-ring (bicyclic) bond motifs is 3. The molecule has 0 unspecified atom stereocenters. The average molecular weight is 420 g/mol. The van der Waals surface area contributed by atoms with E-state index in [1.54, 1.807) is 0 Å². The molecule has 0 saturated heterocycles. The van der Waals surface area contributed by atoms with Crippen LogP contribution in [-0.4, -0.2) is 31.2 Å². The van der Waals surface area contributed by atoms with Gasteiger partial charge in [-0.1, -0.05) is 55.4 Å². The van der Waals surface area contributed by atoms with E-state index < -0.39 is 0 Å². The molecule has 154 valence electrons. The van der Waals surface area contributed by atoms with Crippen molar-refractivity contribution in [2.75, 3.05) is 11.1 Å². The van der Waals surface area contributed by atoms with E-state index in [0.29, 0.717) is 10.7 Å². The molecule has 30 heavy (non-hydrogen) atoms. The van der Waals surface area contributed by atoms with Crippen molar-refractivity contribution < 1.29 is 4.79 Å². The Hall–Kier alpha value is -2.93. The van der Waals surface area contributed by atoms with Crippen molar-refractivity contribution >= 4 is 40.0 Å². The maximum Gasteiger partial charge on any atom is 0.234 e. The third kappa shape index (κ3) is 3.77. The Morgan fingerprint density at radius 2 is 1.80 bits per heavy atom. The van der Waals surface area contributed by atoms with Gasteiger partial charge in [0, 0.05) is 11.6 Å². The summed E-state index contributed by atoms with van der Waals surface area (Å²) >= 11 is 1.39. The van der Waals surface area contributed by atoms with Crippen molar-refractivity contribution in [2.24, 2.45) is 0 Å². The third-order valence-corrected chi connectivity index (χ3v) is 5.98. The zero-order valence-corrected chi connectivity index (χ0v) is 18.7. The highest BCUT2D eigenvalue weighted by atomic mass is 32.2. The van der Waals surface area contributed by atoms with Gasteiger partial charge in [0.15, 0.2) is 5.65 Å². The highest BCUT2D eigenvalue weighted by Gasteiger charge is 2.18. The highest BCUT2D eigenvalue weighted by Crippen LogP contribution is 2.28. The second-order valence-electron chi connectivity index (χ2n) is 7.89. The van der Waals surface area contributed by atoms with Crippen LogP contribution >= 0.6 is 11.8 Å². The summed E-state index contributed by atoms with van der Waals surface area (Å²) in [6.45, 7) is 10.3. The van der Waals surface area contributed by atoms with Gasteiger partial charge in [0.1, 0.15) is 10.9 Å². The first kappa shape index (κ1) is 20.3. The molecule has 0 atom stereocenters. The molecule has 0 spiro atoms. The molecule has 1 N–H and O–H groups in total. The Bertz CT molecular complexity index is 1240. The Balaban J connectivity index is 1.63. The van der Waals surface area contributed by atoms with Gasteiger partial charge in [-0.3, -0.25) is 9.20 Å². The molecule has 0 saturated carbocycles. The van der Waals surface area contributed by atoms with E-state index in [2.05, 4.69) is 52.8 Å². The molecule has 0 aliphatic heterocycles. The SMILES string of the molecule is Cc1cc(C)c(NC(=O)CSc2nc3ccccc3n3c(C(C)C)nnc23)c(C)c1. The number of nitrogens with zero attached hydrogens (tertiary/aromatic N) is 4. The molecule has 0 aliphatic carbocycles. The summed E-state index contributed by atoms with van der Waals surface area (Å²) in [6, 6.07) is 12.1. The lowest BCUT2D eigenvalue weighted by Crippen LogP contribution is -2.16. The number of rotatable bonds is 5. The predicted octanol–water partition coefficient (Wildman–Crippen LogP) is 5.06. The zero-order valence-electron chi connectivity index (χ0n) is 17.9. The molecule has 1 amide bonds. The molecule has 2 aromatic carbocycles. The minimum Gasteiger partial charge on any atom is -0.325 e. The standard InChI is InChI=1S/C23H25N5OS/c1-13(2)21-26-27-22-23(24-17-8-6-7-9-18(17)28(21)22)30-12-19(29)25-20-15(4)10-14(3)11-16(20)5/h6-11,13H,12H2,1-5H3,(H,25,29). The Morgan fingerprint density at radius 3 is 2.50 bits per heavy atom. The molecule has 0 radical (unpaired) electrons. The summed E-state index contributed by atoms with van der Waals surface area (Å²) in [5, 5.41) is 12.5. The molecule has 4 rings (SSSR count). The molecule has 7 heteroatoms. The Kier molecular flexibility index (Phi) is 5.47. The first-order valence-electron chi connectivity index (χ1n) is 9.99. The summed E-state index contributed by atoms with van der Waals surface area (Å²) in [5.41, 5.74) is 6.73. The Labute approximate surface area is 180 Å².